The van der Waals surface area contributed by atoms with Gasteiger partial charge in [-0.1, -0.05) is 24.8 Å². The summed E-state index contributed by atoms with van der Waals surface area (Å²) in [6.45, 7) is 4.61. The Balaban J connectivity index is 2.05. The highest BCUT2D eigenvalue weighted by Gasteiger charge is 2.14. The lowest BCUT2D eigenvalue weighted by Crippen LogP contribution is -1.93. The fourth-order valence-corrected chi connectivity index (χ4v) is 2.08. The molecule has 0 spiro atoms. The van der Waals surface area contributed by atoms with Crippen molar-refractivity contribution in [3.63, 3.8) is 0 Å². The molecule has 0 aliphatic carbocycles. The zero-order chi connectivity index (χ0) is 11.7. The molecule has 3 rings (SSSR count). The van der Waals surface area contributed by atoms with E-state index in [2.05, 4.69) is 41.2 Å². The Labute approximate surface area is 100 Å². The zero-order valence-corrected chi connectivity index (χ0v) is 9.43. The van der Waals surface area contributed by atoms with E-state index in [9.17, 15) is 0 Å². The van der Waals surface area contributed by atoms with Gasteiger partial charge in [-0.05, 0) is 17.7 Å². The molecule has 0 unspecified atom stereocenters. The van der Waals surface area contributed by atoms with Crippen LogP contribution in [0.2, 0.25) is 0 Å². The number of nitrogens with one attached hydrogen (secondary N) is 1. The van der Waals surface area contributed by atoms with Crippen LogP contribution in [0.3, 0.4) is 0 Å². The minimum absolute atomic E-state index is 0.851. The molecule has 0 atom stereocenters. The van der Waals surface area contributed by atoms with Gasteiger partial charge in [0, 0.05) is 36.4 Å². The molecule has 2 heterocycles. The van der Waals surface area contributed by atoms with Gasteiger partial charge < -0.3 is 9.88 Å². The lowest BCUT2D eigenvalue weighted by Gasteiger charge is -2.00. The van der Waals surface area contributed by atoms with Gasteiger partial charge in [-0.15, -0.1) is 0 Å². The number of anilines is 1. The normalized spacial score (nSPS) is 15.6. The molecule has 0 bridgehead atoms. The fourth-order valence-electron chi connectivity index (χ4n) is 2.08. The monoisotopic (exact) mass is 223 g/mol. The summed E-state index contributed by atoms with van der Waals surface area (Å²) in [4.78, 5) is 4.31. The first-order valence-electron chi connectivity index (χ1n) is 5.58. The minimum Gasteiger partial charge on any atom is -0.380 e. The first-order valence-corrected chi connectivity index (χ1v) is 5.58. The van der Waals surface area contributed by atoms with E-state index in [-0.39, 0.29) is 0 Å². The first-order chi connectivity index (χ1) is 8.38. The minimum atomic E-state index is 0.851. The summed E-state index contributed by atoms with van der Waals surface area (Å²) in [5, 5.41) is 3.37. The van der Waals surface area contributed by atoms with Gasteiger partial charge in [-0.2, -0.15) is 0 Å². The topological polar surface area (TPSA) is 29.9 Å². The molecule has 0 saturated carbocycles. The standard InChI is InChI=1S/C14H13N3/c1-2-17-8-7-15-14(17)9-11-10-16-13-6-4-3-5-12(11)13/h2-9,16H,1,10H2/b11-9+. The number of fused-ring (bicyclic) bond motifs is 1. The van der Waals surface area contributed by atoms with Gasteiger partial charge in [0.25, 0.3) is 0 Å². The number of hydrogen-bond donors (Lipinski definition) is 1. The first kappa shape index (κ1) is 9.90. The third-order valence-corrected chi connectivity index (χ3v) is 2.94. The third-order valence-electron chi connectivity index (χ3n) is 2.94. The van der Waals surface area contributed by atoms with Gasteiger partial charge in [-0.3, -0.25) is 0 Å². The Kier molecular flexibility index (Phi) is 2.29. The van der Waals surface area contributed by atoms with E-state index in [1.54, 1.807) is 12.4 Å². The summed E-state index contributed by atoms with van der Waals surface area (Å²) >= 11 is 0. The van der Waals surface area contributed by atoms with E-state index in [4.69, 9.17) is 0 Å². The Morgan fingerprint density at radius 1 is 1.35 bits per heavy atom. The summed E-state index contributed by atoms with van der Waals surface area (Å²) in [5.74, 6) is 0.911. The second-order valence-electron chi connectivity index (χ2n) is 3.94. The zero-order valence-electron chi connectivity index (χ0n) is 9.43. The average Bonchev–Trinajstić information content (AvgIpc) is 2.97. The second-order valence-corrected chi connectivity index (χ2v) is 3.94. The van der Waals surface area contributed by atoms with Crippen LogP contribution in [0, 0.1) is 0 Å². The van der Waals surface area contributed by atoms with E-state index in [1.165, 1.54) is 16.8 Å². The summed E-state index contributed by atoms with van der Waals surface area (Å²) in [5.41, 5.74) is 3.71. The van der Waals surface area contributed by atoms with Crippen LogP contribution in [0.15, 0.2) is 43.2 Å². The maximum Gasteiger partial charge on any atom is 0.136 e. The van der Waals surface area contributed by atoms with Crippen LogP contribution in [0.4, 0.5) is 5.69 Å². The van der Waals surface area contributed by atoms with Crippen LogP contribution < -0.4 is 5.32 Å². The summed E-state index contributed by atoms with van der Waals surface area (Å²) < 4.78 is 1.91. The van der Waals surface area contributed by atoms with E-state index in [1.807, 2.05) is 16.8 Å². The quantitative estimate of drug-likeness (QED) is 0.848. The molecule has 1 N–H and O–H groups in total. The number of para-hydroxylation sites is 1. The molecule has 0 fully saturated rings. The van der Waals surface area contributed by atoms with E-state index < -0.39 is 0 Å². The highest BCUT2D eigenvalue weighted by Crippen LogP contribution is 2.31. The van der Waals surface area contributed by atoms with Crippen molar-refractivity contribution < 1.29 is 0 Å². The highest BCUT2D eigenvalue weighted by atomic mass is 15.0. The molecule has 1 aliphatic rings. The maximum atomic E-state index is 4.31. The summed E-state index contributed by atoms with van der Waals surface area (Å²) in [6.07, 6.45) is 7.53. The molecule has 0 amide bonds. The molecule has 17 heavy (non-hydrogen) atoms. The molecule has 2 aromatic rings. The molecular weight excluding hydrogens is 210 g/mol. The molecule has 1 aromatic heterocycles. The van der Waals surface area contributed by atoms with Crippen molar-refractivity contribution in [2.45, 2.75) is 0 Å². The number of rotatable bonds is 2. The van der Waals surface area contributed by atoms with Gasteiger partial charge in [-0.25, -0.2) is 4.98 Å². The van der Waals surface area contributed by atoms with E-state index >= 15 is 0 Å². The maximum absolute atomic E-state index is 4.31. The Morgan fingerprint density at radius 3 is 3.12 bits per heavy atom. The van der Waals surface area contributed by atoms with E-state index in [0.717, 1.165) is 12.4 Å². The molecular formula is C14H13N3. The Bertz CT molecular complexity index is 593. The van der Waals surface area contributed by atoms with Gasteiger partial charge in [0.05, 0.1) is 0 Å². The van der Waals surface area contributed by atoms with Gasteiger partial charge in [0.2, 0.25) is 0 Å². The molecule has 0 saturated heterocycles. The van der Waals surface area contributed by atoms with Crippen LogP contribution in [-0.2, 0) is 0 Å². The van der Waals surface area contributed by atoms with Gasteiger partial charge in [0.15, 0.2) is 0 Å². The number of imidazole rings is 1. The Morgan fingerprint density at radius 2 is 2.24 bits per heavy atom. The molecule has 1 aromatic carbocycles. The van der Waals surface area contributed by atoms with Crippen molar-refractivity contribution in [2.75, 3.05) is 11.9 Å². The van der Waals surface area contributed by atoms with Crippen LogP contribution in [0.25, 0.3) is 17.8 Å². The number of aromatic nitrogens is 2. The Hall–Kier alpha value is -2.29. The number of nitrogens with zero attached hydrogens (tertiary/aromatic N) is 2. The third kappa shape index (κ3) is 1.65. The molecule has 3 nitrogen and oxygen atoms in total. The van der Waals surface area contributed by atoms with Gasteiger partial charge >= 0.3 is 0 Å². The van der Waals surface area contributed by atoms with Gasteiger partial charge in [0.1, 0.15) is 5.82 Å². The molecule has 3 heteroatoms. The van der Waals surface area contributed by atoms with Crippen LogP contribution in [-0.4, -0.2) is 16.1 Å². The molecule has 84 valence electrons. The summed E-state index contributed by atoms with van der Waals surface area (Å²) in [7, 11) is 0. The van der Waals surface area contributed by atoms with Crippen LogP contribution in [0.5, 0.6) is 0 Å². The predicted molar refractivity (Wildman–Crippen MR) is 71.4 cm³/mol. The number of benzene rings is 1. The van der Waals surface area contributed by atoms with Crippen LogP contribution >= 0.6 is 0 Å². The molecule has 1 aliphatic heterocycles. The van der Waals surface area contributed by atoms with Crippen molar-refractivity contribution in [2.24, 2.45) is 0 Å². The lowest BCUT2D eigenvalue weighted by atomic mass is 10.1. The summed E-state index contributed by atoms with van der Waals surface area (Å²) in [6, 6.07) is 8.32. The van der Waals surface area contributed by atoms with Crippen molar-refractivity contribution in [1.82, 2.24) is 9.55 Å². The molecule has 0 radical (unpaired) electrons. The SMILES string of the molecule is C=Cn1ccnc1/C=C1\CNc2ccccc21. The fraction of sp³-hybridized carbons (Fsp3) is 0.0714. The predicted octanol–water partition coefficient (Wildman–Crippen LogP) is 2.95. The average molecular weight is 223 g/mol. The highest BCUT2D eigenvalue weighted by molar-refractivity contribution is 5.92. The van der Waals surface area contributed by atoms with Crippen LogP contribution in [0.1, 0.15) is 11.4 Å². The van der Waals surface area contributed by atoms with Crippen molar-refractivity contribution in [3.05, 3.63) is 54.6 Å². The second kappa shape index (κ2) is 3.94. The smallest absolute Gasteiger partial charge is 0.136 e. The van der Waals surface area contributed by atoms with E-state index in [0.29, 0.717) is 0 Å². The lowest BCUT2D eigenvalue weighted by molar-refractivity contribution is 1.11. The van der Waals surface area contributed by atoms with Crippen molar-refractivity contribution in [1.29, 1.82) is 0 Å². The van der Waals surface area contributed by atoms with Crippen molar-refractivity contribution >= 4 is 23.5 Å². The number of hydrogen-bond acceptors (Lipinski definition) is 2. The largest absolute Gasteiger partial charge is 0.380 e. The van der Waals surface area contributed by atoms with Crippen molar-refractivity contribution in [3.8, 4) is 0 Å².